The summed E-state index contributed by atoms with van der Waals surface area (Å²) < 4.78 is 47.9. The zero-order valence-electron chi connectivity index (χ0n) is 62.9. The molecule has 8 rings (SSSR count). The Morgan fingerprint density at radius 2 is 1.14 bits per heavy atom. The number of amides is 6. The van der Waals surface area contributed by atoms with Gasteiger partial charge in [-0.05, 0) is 103 Å². The number of fused-ring (bicyclic) bond motifs is 10. The Labute approximate surface area is 637 Å². The molecule has 4 saturated heterocycles. The number of esters is 2. The Morgan fingerprint density at radius 1 is 0.676 bits per heavy atom. The van der Waals surface area contributed by atoms with Crippen LogP contribution >= 0.6 is 56.6 Å². The number of methoxy groups -OCH3 is 2. The number of halogens is 2. The minimum absolute atomic E-state index is 0.00958. The van der Waals surface area contributed by atoms with Crippen molar-refractivity contribution in [3.05, 3.63) is 98.6 Å². The summed E-state index contributed by atoms with van der Waals surface area (Å²) in [5.74, 6) is -4.19. The number of aryl methyl sites for hydroxylation is 1. The van der Waals surface area contributed by atoms with Gasteiger partial charge in [-0.15, -0.1) is 0 Å². The molecule has 25 nitrogen and oxygen atoms in total. The molecule has 8 bridgehead atoms. The molecule has 0 saturated carbocycles. The van der Waals surface area contributed by atoms with Crippen molar-refractivity contribution in [2.24, 2.45) is 17.8 Å². The van der Waals surface area contributed by atoms with Crippen LogP contribution in [0.4, 0.5) is 21.0 Å². The van der Waals surface area contributed by atoms with Crippen LogP contribution in [0.2, 0.25) is 10.0 Å². The van der Waals surface area contributed by atoms with Gasteiger partial charge in [0, 0.05) is 102 Å². The second kappa shape index (κ2) is 35.4. The highest BCUT2D eigenvalue weighted by Crippen LogP contribution is 2.51. The third kappa shape index (κ3) is 20.3. The van der Waals surface area contributed by atoms with E-state index in [0.717, 1.165) is 39.6 Å². The first-order valence-corrected chi connectivity index (χ1v) is 39.4. The quantitative estimate of drug-likeness (QED) is 0.0334. The van der Waals surface area contributed by atoms with Crippen LogP contribution in [0.25, 0.3) is 0 Å². The monoisotopic (exact) mass is 1560 g/mol. The van der Waals surface area contributed by atoms with E-state index in [4.69, 9.17) is 61.1 Å². The highest BCUT2D eigenvalue weighted by molar-refractivity contribution is 8.76. The summed E-state index contributed by atoms with van der Waals surface area (Å²) in [5.41, 5.74) is -1.09. The van der Waals surface area contributed by atoms with Crippen LogP contribution in [0.5, 0.6) is 5.75 Å². The largest absolute Gasteiger partial charge is 0.495 e. The first-order valence-electron chi connectivity index (χ1n) is 35.3. The third-order valence-corrected chi connectivity index (χ3v) is 25.9. The van der Waals surface area contributed by atoms with Gasteiger partial charge in [0.15, 0.2) is 10.8 Å². The number of thioether (sulfide) groups is 1. The van der Waals surface area contributed by atoms with Crippen LogP contribution in [-0.4, -0.2) is 210 Å². The molecule has 0 spiro atoms. The Hall–Kier alpha value is -6.34. The number of nitrogens with one attached hydrogen (secondary N) is 2. The minimum Gasteiger partial charge on any atom is -0.495 e. The first kappa shape index (κ1) is 84.3. The van der Waals surface area contributed by atoms with Crippen molar-refractivity contribution in [2.45, 2.75) is 223 Å². The number of nitrogens with zero attached hydrogens (tertiary/aromatic N) is 4. The maximum absolute atomic E-state index is 14.5. The molecule has 6 heterocycles. The highest BCUT2D eigenvalue weighted by atomic mass is 35.5. The lowest BCUT2D eigenvalue weighted by Crippen LogP contribution is -2.63. The SMILES string of the molecule is COc1cc2cc(c1Cl)N(C)C(=O)CC(OC(=O)C(C)N(C)C(=O)CCSC(=O)CCC(C)SSCCC(=O)N(C)C(C)C(=O)OC1CC(=O)N(C)c3cc(cc(C)c3Cl)C/C(C)=C/C=C/C(C)C3(O)CC(OC(=O)N3)C(C)C3OC13C)C1(C)OC1C(C)C1CC(O)(NC(=O)O1)C(OC)/C=C/C=C(\C)C2. The molecule has 2 aromatic carbocycles. The summed E-state index contributed by atoms with van der Waals surface area (Å²) in [6, 6.07) is 5.08. The van der Waals surface area contributed by atoms with E-state index in [0.29, 0.717) is 47.2 Å². The van der Waals surface area contributed by atoms with E-state index in [9.17, 15) is 53.4 Å². The van der Waals surface area contributed by atoms with E-state index in [1.165, 1.54) is 83.3 Å². The van der Waals surface area contributed by atoms with E-state index >= 15 is 0 Å². The van der Waals surface area contributed by atoms with Crippen LogP contribution in [0.1, 0.15) is 137 Å². The number of aliphatic hydroxyl groups is 2. The van der Waals surface area contributed by atoms with Gasteiger partial charge in [-0.25, -0.2) is 19.2 Å². The average molecular weight is 1560 g/mol. The van der Waals surface area contributed by atoms with Gasteiger partial charge < -0.3 is 67.7 Å². The number of allylic oxidation sites excluding steroid dienone is 6. The van der Waals surface area contributed by atoms with Crippen LogP contribution in [0.3, 0.4) is 0 Å². The Morgan fingerprint density at radius 3 is 1.65 bits per heavy atom. The fourth-order valence-corrected chi connectivity index (χ4v) is 17.4. The van der Waals surface area contributed by atoms with Crippen LogP contribution in [0.15, 0.2) is 71.9 Å². The van der Waals surface area contributed by atoms with Gasteiger partial charge in [-0.2, -0.15) is 0 Å². The Bertz CT molecular complexity index is 3750. The van der Waals surface area contributed by atoms with Gasteiger partial charge >= 0.3 is 24.1 Å². The van der Waals surface area contributed by atoms with Crippen molar-refractivity contribution in [1.29, 1.82) is 0 Å². The molecule has 30 heteroatoms. The molecule has 17 atom stereocenters. The lowest BCUT2D eigenvalue weighted by molar-refractivity contribution is -0.162. The number of epoxide rings is 2. The third-order valence-electron chi connectivity index (χ3n) is 21.2. The van der Waals surface area contributed by atoms with Crippen LogP contribution < -0.4 is 25.2 Å². The van der Waals surface area contributed by atoms with Gasteiger partial charge in [0.2, 0.25) is 23.6 Å². The molecular formula is C75H102Cl2N6O19S3. The zero-order chi connectivity index (χ0) is 77.5. The molecule has 6 aliphatic rings. The first-order chi connectivity index (χ1) is 49.3. The molecule has 2 aromatic rings. The standard InChI is InChI=1S/C75H102Cl2N6O19S3/c1-40-20-18-22-43(4)74(93)38-54(97-70(91)78-74)45(6)66-72(10,101-66)57(36-61(86)82(14)51-33-49(30-40)32-42(3)64(51)76)99-69(90)48(9)81(13)60(85)27-29-104-105-44(5)24-25-63(88)103-28-26-59(84)80(12)47(8)68(89)100-58-37-62(87)83(15)52-34-50(35-53(95-16)65(52)77)31-41(2)21-19-23-56(96-17)75(94)39-55(98-71(92)79-75)46(7)67-73(58,11)102-67/h18-23,32-35,43-48,54-58,66-67,93-94H,24-31,36-39H2,1-17H3,(H,78,91)(H,79,92)/b22-18+,23-19+,40-20+,41-21+. The summed E-state index contributed by atoms with van der Waals surface area (Å²) in [4.78, 5) is 129. The molecular weight excluding hydrogens is 1460 g/mol. The number of carbonyl (C=O) groups is 9. The summed E-state index contributed by atoms with van der Waals surface area (Å²) in [7, 11) is 11.9. The van der Waals surface area contributed by atoms with Gasteiger partial charge in [0.25, 0.3) is 0 Å². The van der Waals surface area contributed by atoms with Crippen molar-refractivity contribution in [2.75, 3.05) is 63.7 Å². The van der Waals surface area contributed by atoms with E-state index in [1.807, 2.05) is 71.1 Å². The fourth-order valence-electron chi connectivity index (χ4n) is 13.7. The van der Waals surface area contributed by atoms with Gasteiger partial charge in [-0.3, -0.25) is 34.6 Å². The summed E-state index contributed by atoms with van der Waals surface area (Å²) in [5, 5.41) is 29.3. The molecule has 4 fully saturated rings. The predicted molar refractivity (Wildman–Crippen MR) is 404 cm³/mol. The number of carbonyl (C=O) groups excluding carboxylic acids is 9. The molecule has 105 heavy (non-hydrogen) atoms. The molecule has 0 radical (unpaired) electrons. The Balaban J connectivity index is 0.818. The van der Waals surface area contributed by atoms with Crippen molar-refractivity contribution >= 4 is 121 Å². The second-order valence-corrected chi connectivity index (χ2v) is 33.9. The molecule has 17 unspecified atom stereocenters. The number of rotatable bonds is 19. The lowest BCUT2D eigenvalue weighted by Gasteiger charge is -2.42. The van der Waals surface area contributed by atoms with E-state index in [1.54, 1.807) is 66.1 Å². The van der Waals surface area contributed by atoms with E-state index in [-0.39, 0.29) is 65.6 Å². The number of ether oxygens (including phenoxy) is 8. The zero-order valence-corrected chi connectivity index (χ0v) is 66.8. The maximum atomic E-state index is 14.5. The summed E-state index contributed by atoms with van der Waals surface area (Å²) in [6.07, 6.45) is 3.20. The fraction of sp³-hybridized carbons (Fsp3) is 0.613. The normalized spacial score (nSPS) is 31.9. The maximum Gasteiger partial charge on any atom is 0.409 e. The molecule has 6 aliphatic heterocycles. The number of likely N-dealkylation sites (N-methyl/N-ethyl adjacent to an activating group) is 2. The number of hydrogen-bond acceptors (Lipinski definition) is 22. The van der Waals surface area contributed by atoms with E-state index < -0.39 is 143 Å². The summed E-state index contributed by atoms with van der Waals surface area (Å²) >= 11 is 14.7. The second-order valence-electron chi connectivity index (χ2n) is 29.0. The highest BCUT2D eigenvalue weighted by Gasteiger charge is 2.66. The van der Waals surface area contributed by atoms with E-state index in [2.05, 4.69) is 10.6 Å². The summed E-state index contributed by atoms with van der Waals surface area (Å²) in [6.45, 7) is 19.5. The van der Waals surface area contributed by atoms with Gasteiger partial charge in [0.1, 0.15) is 70.3 Å². The minimum atomic E-state index is -1.90. The lowest BCUT2D eigenvalue weighted by atomic mass is 9.82. The number of benzene rings is 2. The topological polar surface area (TPSA) is 312 Å². The Kier molecular flexibility index (Phi) is 28.4. The van der Waals surface area contributed by atoms with Crippen molar-refractivity contribution in [1.82, 2.24) is 20.4 Å². The molecule has 6 amide bonds. The van der Waals surface area contributed by atoms with Crippen molar-refractivity contribution in [3.8, 4) is 5.75 Å². The molecule has 578 valence electrons. The smallest absolute Gasteiger partial charge is 0.409 e. The molecule has 0 aromatic heterocycles. The number of anilines is 2. The molecule has 0 aliphatic carbocycles. The van der Waals surface area contributed by atoms with Gasteiger partial charge in [0.05, 0.1) is 48.6 Å². The predicted octanol–water partition coefficient (Wildman–Crippen LogP) is 10.6. The number of hydrogen-bond donors (Lipinski definition) is 4. The van der Waals surface area contributed by atoms with Crippen LogP contribution in [0, 0.1) is 24.7 Å². The van der Waals surface area contributed by atoms with Crippen molar-refractivity contribution in [3.63, 3.8) is 0 Å². The van der Waals surface area contributed by atoms with Crippen LogP contribution in [-0.2, 0) is 79.6 Å². The van der Waals surface area contributed by atoms with Crippen molar-refractivity contribution < 1.29 is 91.3 Å². The average Bonchev–Trinajstić information content (AvgIpc) is 1.58. The number of alkyl carbamates (subject to hydrolysis) is 2. The molecule has 4 N–H and O–H groups in total. The van der Waals surface area contributed by atoms with Gasteiger partial charge in [-0.1, -0.05) is 138 Å².